The zero-order valence-electron chi connectivity index (χ0n) is 20.4. The van der Waals surface area contributed by atoms with E-state index in [1.54, 1.807) is 0 Å². The van der Waals surface area contributed by atoms with E-state index in [9.17, 15) is 0 Å². The number of anilines is 1. The van der Waals surface area contributed by atoms with Gasteiger partial charge in [0.15, 0.2) is 5.00 Å². The highest BCUT2D eigenvalue weighted by atomic mass is 32.1. The van der Waals surface area contributed by atoms with E-state index in [2.05, 4.69) is 82.7 Å². The Labute approximate surface area is 214 Å². The Morgan fingerprint density at radius 2 is 1.61 bits per heavy atom. The second-order valence-electron chi connectivity index (χ2n) is 9.19. The number of aromatic nitrogens is 2. The molecular weight excluding hydrogens is 464 g/mol. The first kappa shape index (κ1) is 22.4. The van der Waals surface area contributed by atoms with Gasteiger partial charge in [0.25, 0.3) is 0 Å². The molecule has 0 aliphatic carbocycles. The molecule has 6 nitrogen and oxygen atoms in total. The number of H-pyrrole nitrogens is 1. The van der Waals surface area contributed by atoms with Crippen LogP contribution in [0.25, 0.3) is 10.9 Å². The van der Waals surface area contributed by atoms with Crippen LogP contribution in [0.2, 0.25) is 0 Å². The van der Waals surface area contributed by atoms with E-state index in [4.69, 9.17) is 10.1 Å². The van der Waals surface area contributed by atoms with E-state index in [1.807, 2.05) is 37.3 Å². The van der Waals surface area contributed by atoms with Gasteiger partial charge >= 0.3 is 0 Å². The van der Waals surface area contributed by atoms with Crippen LogP contribution in [0.5, 0.6) is 0 Å². The molecule has 1 aliphatic heterocycles. The van der Waals surface area contributed by atoms with Crippen molar-refractivity contribution in [2.75, 3.05) is 5.01 Å². The minimum atomic E-state index is 0.0571. The van der Waals surface area contributed by atoms with Gasteiger partial charge in [0.05, 0.1) is 23.1 Å². The Kier molecular flexibility index (Phi) is 5.70. The zero-order valence-corrected chi connectivity index (χ0v) is 21.3. The Morgan fingerprint density at radius 1 is 0.889 bits per heavy atom. The third-order valence-electron chi connectivity index (χ3n) is 6.52. The van der Waals surface area contributed by atoms with E-state index in [1.165, 1.54) is 33.4 Å². The number of fused-ring (bicyclic) bond motifs is 1. The van der Waals surface area contributed by atoms with Gasteiger partial charge in [-0.2, -0.15) is 5.10 Å². The van der Waals surface area contributed by atoms with E-state index < -0.39 is 0 Å². The van der Waals surface area contributed by atoms with Crippen molar-refractivity contribution < 1.29 is 0 Å². The number of para-hydroxylation sites is 1. The molecule has 7 heteroatoms. The maximum atomic E-state index is 5.12. The van der Waals surface area contributed by atoms with Gasteiger partial charge in [-0.05, 0) is 44.5 Å². The molecule has 5 aromatic rings. The van der Waals surface area contributed by atoms with Crippen molar-refractivity contribution in [3.63, 3.8) is 0 Å². The highest BCUT2D eigenvalue weighted by Crippen LogP contribution is 2.42. The molecule has 0 spiro atoms. The first-order valence-electron chi connectivity index (χ1n) is 12.0. The largest absolute Gasteiger partial charge is 0.360 e. The summed E-state index contributed by atoms with van der Waals surface area (Å²) >= 11 is 1.52. The topological polar surface area (TPSA) is 69.0 Å². The van der Waals surface area contributed by atoms with E-state index >= 15 is 0 Å². The van der Waals surface area contributed by atoms with Gasteiger partial charge in [0.1, 0.15) is 0 Å². The molecule has 0 radical (unpaired) electrons. The Bertz CT molecular complexity index is 1590. The summed E-state index contributed by atoms with van der Waals surface area (Å²) in [5.41, 5.74) is 8.64. The molecule has 0 amide bonds. The number of nitrogens with zero attached hydrogens (tertiary/aromatic N) is 5. The average molecular weight is 491 g/mol. The van der Waals surface area contributed by atoms with E-state index in [-0.39, 0.29) is 6.04 Å². The highest BCUT2D eigenvalue weighted by Gasteiger charge is 2.33. The maximum Gasteiger partial charge on any atom is 0.208 e. The molecule has 0 saturated carbocycles. The number of nitrogens with one attached hydrogen (secondary N) is 1. The van der Waals surface area contributed by atoms with Crippen LogP contribution in [0.4, 0.5) is 15.8 Å². The molecule has 0 bridgehead atoms. The van der Waals surface area contributed by atoms with Crippen molar-refractivity contribution in [3.8, 4) is 0 Å². The third-order valence-corrected chi connectivity index (χ3v) is 7.55. The van der Waals surface area contributed by atoms with Gasteiger partial charge in [0, 0.05) is 29.1 Å². The van der Waals surface area contributed by atoms with Crippen LogP contribution in [0.15, 0.2) is 94.3 Å². The van der Waals surface area contributed by atoms with Crippen LogP contribution in [0.3, 0.4) is 0 Å². The SMILES string of the molecule is Cc1ccc(N=Nc2sc(N3N=C(c4c[nH]c5ccccc45)CC3c3ccc(C)cc3)nc2C)cc1. The minimum absolute atomic E-state index is 0.0571. The van der Waals surface area contributed by atoms with Crippen LogP contribution >= 0.6 is 11.3 Å². The molecule has 2 aromatic heterocycles. The van der Waals surface area contributed by atoms with Gasteiger partial charge in [-0.15, -0.1) is 10.2 Å². The number of hydrogen-bond donors (Lipinski definition) is 1. The fraction of sp³-hybridized carbons (Fsp3) is 0.172. The summed E-state index contributed by atoms with van der Waals surface area (Å²) < 4.78 is 0. The molecule has 1 aliphatic rings. The minimum Gasteiger partial charge on any atom is -0.360 e. The summed E-state index contributed by atoms with van der Waals surface area (Å²) in [5.74, 6) is 0. The van der Waals surface area contributed by atoms with E-state index in [0.717, 1.165) is 44.7 Å². The molecule has 178 valence electrons. The molecule has 0 saturated heterocycles. The lowest BCUT2D eigenvalue weighted by Crippen LogP contribution is -2.18. The second-order valence-corrected chi connectivity index (χ2v) is 10.1. The predicted octanol–water partition coefficient (Wildman–Crippen LogP) is 8.32. The first-order valence-corrected chi connectivity index (χ1v) is 12.8. The molecular formula is C29H26N6S. The summed E-state index contributed by atoms with van der Waals surface area (Å²) in [5, 5.41) is 18.9. The van der Waals surface area contributed by atoms with E-state index in [0.29, 0.717) is 0 Å². The summed E-state index contributed by atoms with van der Waals surface area (Å²) in [4.78, 5) is 8.26. The van der Waals surface area contributed by atoms with Crippen LogP contribution in [0.1, 0.15) is 40.4 Å². The predicted molar refractivity (Wildman–Crippen MR) is 148 cm³/mol. The lowest BCUT2D eigenvalue weighted by molar-refractivity contribution is 0.705. The Balaban J connectivity index is 1.38. The lowest BCUT2D eigenvalue weighted by atomic mass is 9.97. The van der Waals surface area contributed by atoms with Gasteiger partial charge in [-0.25, -0.2) is 9.99 Å². The fourth-order valence-corrected chi connectivity index (χ4v) is 5.38. The van der Waals surface area contributed by atoms with Crippen LogP contribution in [-0.4, -0.2) is 15.7 Å². The van der Waals surface area contributed by atoms with Gasteiger partial charge in [-0.3, -0.25) is 0 Å². The smallest absolute Gasteiger partial charge is 0.208 e. The van der Waals surface area contributed by atoms with Crippen molar-refractivity contribution in [3.05, 3.63) is 107 Å². The van der Waals surface area contributed by atoms with Gasteiger partial charge < -0.3 is 4.98 Å². The molecule has 1 atom stereocenters. The van der Waals surface area contributed by atoms with Crippen molar-refractivity contribution in [2.45, 2.75) is 33.2 Å². The number of hydrogen-bond acceptors (Lipinski definition) is 6. The molecule has 0 fully saturated rings. The van der Waals surface area contributed by atoms with Crippen LogP contribution in [-0.2, 0) is 0 Å². The number of hydrazone groups is 1. The Morgan fingerprint density at radius 3 is 2.39 bits per heavy atom. The highest BCUT2D eigenvalue weighted by molar-refractivity contribution is 7.19. The molecule has 1 N–H and O–H groups in total. The molecule has 1 unspecified atom stereocenters. The average Bonchev–Trinajstić information content (AvgIpc) is 3.61. The molecule has 3 aromatic carbocycles. The van der Waals surface area contributed by atoms with Crippen molar-refractivity contribution in [1.29, 1.82) is 0 Å². The second kappa shape index (κ2) is 9.17. The molecule has 3 heterocycles. The molecule has 6 rings (SSSR count). The Hall–Kier alpha value is -4.10. The summed E-state index contributed by atoms with van der Waals surface area (Å²) in [6, 6.07) is 25.1. The first-order chi connectivity index (χ1) is 17.5. The number of aryl methyl sites for hydroxylation is 3. The summed E-state index contributed by atoms with van der Waals surface area (Å²) in [6.07, 6.45) is 2.86. The van der Waals surface area contributed by atoms with Gasteiger partial charge in [-0.1, -0.05) is 77.1 Å². The summed E-state index contributed by atoms with van der Waals surface area (Å²) in [6.45, 7) is 6.15. The molecule has 36 heavy (non-hydrogen) atoms. The van der Waals surface area contributed by atoms with Crippen LogP contribution < -0.4 is 5.01 Å². The number of thiazole rings is 1. The fourth-order valence-electron chi connectivity index (χ4n) is 4.49. The number of rotatable bonds is 5. The summed E-state index contributed by atoms with van der Waals surface area (Å²) in [7, 11) is 0. The van der Waals surface area contributed by atoms with Gasteiger partial charge in [0.2, 0.25) is 5.13 Å². The quantitative estimate of drug-likeness (QED) is 0.252. The number of azo groups is 1. The lowest BCUT2D eigenvalue weighted by Gasteiger charge is -2.21. The normalized spacial score (nSPS) is 15.8. The van der Waals surface area contributed by atoms with Crippen molar-refractivity contribution >= 4 is 43.8 Å². The zero-order chi connectivity index (χ0) is 24.6. The third kappa shape index (κ3) is 4.22. The van der Waals surface area contributed by atoms with Crippen molar-refractivity contribution in [2.24, 2.45) is 15.3 Å². The monoisotopic (exact) mass is 490 g/mol. The maximum absolute atomic E-state index is 5.12. The van der Waals surface area contributed by atoms with Crippen molar-refractivity contribution in [1.82, 2.24) is 9.97 Å². The van der Waals surface area contributed by atoms with Crippen LogP contribution in [0, 0.1) is 20.8 Å². The number of benzene rings is 3. The standard InChI is InChI=1S/C29H26N6S/c1-18-8-12-21(13-9-18)27-16-26(24-17-30-25-7-5-4-6-23(24)25)34-35(27)29-31-20(3)28(36-29)33-32-22-14-10-19(2)11-15-22/h4-15,17,27,30H,16H2,1-3H3. The number of aromatic amines is 1.